The first-order valence-electron chi connectivity index (χ1n) is 41.2. The molecule has 0 aromatic heterocycles. The van der Waals surface area contributed by atoms with E-state index in [4.69, 9.17) is 37.0 Å². The van der Waals surface area contributed by atoms with Gasteiger partial charge in [0, 0.05) is 25.7 Å². The smallest absolute Gasteiger partial charge is 0.462 e. The SMILES string of the molecule is CCCCC/C=C\C/C=C\C/C=C\CCCCCCCCC(=O)OCC(COP(=O)(O)OCC(O)COP(=O)(O)OCC(COC(=O)CCCCCCCCCCCCCCCCC)OC(=O)CCCCCCCCCCCCC)OC(=O)CCCCCCCCCCCCCCCCC. The van der Waals surface area contributed by atoms with Crippen molar-refractivity contribution in [3.05, 3.63) is 36.5 Å². The number of rotatable bonds is 79. The summed E-state index contributed by atoms with van der Waals surface area (Å²) < 4.78 is 68.7. The van der Waals surface area contributed by atoms with E-state index in [1.807, 2.05) is 0 Å². The fourth-order valence-electron chi connectivity index (χ4n) is 11.8. The van der Waals surface area contributed by atoms with E-state index in [9.17, 15) is 43.2 Å². The summed E-state index contributed by atoms with van der Waals surface area (Å²) in [5.41, 5.74) is 0. The largest absolute Gasteiger partial charge is 0.472 e. The molecule has 0 aromatic carbocycles. The molecule has 0 aliphatic heterocycles. The third-order valence-corrected chi connectivity index (χ3v) is 20.0. The van der Waals surface area contributed by atoms with Crippen molar-refractivity contribution in [1.82, 2.24) is 0 Å². The van der Waals surface area contributed by atoms with Crippen molar-refractivity contribution >= 4 is 39.5 Å². The second kappa shape index (κ2) is 74.5. The van der Waals surface area contributed by atoms with E-state index < -0.39 is 97.5 Å². The predicted octanol–water partition coefficient (Wildman–Crippen LogP) is 23.9. The number of ether oxygens (including phenoxy) is 4. The molecule has 19 heteroatoms. The highest BCUT2D eigenvalue weighted by molar-refractivity contribution is 7.47. The summed E-state index contributed by atoms with van der Waals surface area (Å²) in [4.78, 5) is 73.0. The number of phosphoric ester groups is 2. The van der Waals surface area contributed by atoms with Crippen LogP contribution in [0.4, 0.5) is 0 Å². The number of aliphatic hydroxyl groups is 1. The predicted molar refractivity (Wildman–Crippen MR) is 409 cm³/mol. The summed E-state index contributed by atoms with van der Waals surface area (Å²) in [6.45, 7) is 4.94. The minimum absolute atomic E-state index is 0.101. The van der Waals surface area contributed by atoms with E-state index in [0.29, 0.717) is 25.7 Å². The van der Waals surface area contributed by atoms with Crippen LogP contribution in [0.2, 0.25) is 0 Å². The second-order valence-corrected chi connectivity index (χ2v) is 31.0. The Morgan fingerprint density at radius 1 is 0.280 bits per heavy atom. The van der Waals surface area contributed by atoms with Crippen molar-refractivity contribution in [3.63, 3.8) is 0 Å². The first-order chi connectivity index (χ1) is 48.7. The number of hydrogen-bond acceptors (Lipinski definition) is 15. The van der Waals surface area contributed by atoms with E-state index in [-0.39, 0.29) is 25.7 Å². The van der Waals surface area contributed by atoms with Gasteiger partial charge >= 0.3 is 39.5 Å². The molecule has 0 aliphatic rings. The van der Waals surface area contributed by atoms with Crippen LogP contribution in [0.15, 0.2) is 36.5 Å². The van der Waals surface area contributed by atoms with Crippen LogP contribution in [-0.4, -0.2) is 96.7 Å². The van der Waals surface area contributed by atoms with Gasteiger partial charge in [0.1, 0.15) is 19.3 Å². The number of phosphoric acid groups is 2. The normalized spacial score (nSPS) is 14.0. The molecule has 100 heavy (non-hydrogen) atoms. The molecule has 0 saturated carbocycles. The summed E-state index contributed by atoms with van der Waals surface area (Å²) in [6.07, 6.45) is 71.1. The summed E-state index contributed by atoms with van der Waals surface area (Å²) in [7, 11) is -9.93. The van der Waals surface area contributed by atoms with E-state index >= 15 is 0 Å². The highest BCUT2D eigenvalue weighted by atomic mass is 31.2. The molecule has 0 saturated heterocycles. The van der Waals surface area contributed by atoms with Crippen molar-refractivity contribution in [2.75, 3.05) is 39.6 Å². The van der Waals surface area contributed by atoms with Gasteiger partial charge in [0.25, 0.3) is 0 Å². The Bertz CT molecular complexity index is 2040. The number of esters is 4. The van der Waals surface area contributed by atoms with Gasteiger partial charge in [-0.3, -0.25) is 37.3 Å². The summed E-state index contributed by atoms with van der Waals surface area (Å²) in [5.74, 6) is -2.14. The molecule has 5 unspecified atom stereocenters. The Labute approximate surface area is 611 Å². The molecule has 0 fully saturated rings. The van der Waals surface area contributed by atoms with Gasteiger partial charge in [-0.15, -0.1) is 0 Å². The molecule has 0 aromatic rings. The lowest BCUT2D eigenvalue weighted by Gasteiger charge is -2.21. The lowest BCUT2D eigenvalue weighted by Crippen LogP contribution is -2.30. The fourth-order valence-corrected chi connectivity index (χ4v) is 13.4. The summed E-state index contributed by atoms with van der Waals surface area (Å²) >= 11 is 0. The standard InChI is InChI=1S/C81H152O17P2/c1-5-9-13-17-21-25-29-32-35-36-37-38-41-43-47-50-54-58-62-66-79(84)92-72-77(98-81(86)68-64-60-56-52-48-44-40-34-31-27-23-19-15-11-7-3)74-96-100(89,90)94-70-75(82)69-93-99(87,88)95-73-76(97-80(85)67-63-59-55-51-45-28-24-20-16-12-8-4)71-91-78(83)65-61-57-53-49-46-42-39-33-30-26-22-18-14-10-6-2/h21,25,32,35,37-38,75-77,82H,5-20,22-24,26-31,33-34,36,39-74H2,1-4H3,(H,87,88)(H,89,90)/b25-21-,35-32-,38-37-. The monoisotopic (exact) mass is 1460 g/mol. The Morgan fingerprint density at radius 2 is 0.490 bits per heavy atom. The first kappa shape index (κ1) is 97.3. The molecule has 0 spiro atoms. The third kappa shape index (κ3) is 73.6. The summed E-state index contributed by atoms with van der Waals surface area (Å²) in [5, 5.41) is 10.6. The van der Waals surface area contributed by atoms with Crippen LogP contribution in [0.5, 0.6) is 0 Å². The van der Waals surface area contributed by atoms with Crippen LogP contribution in [0, 0.1) is 0 Å². The second-order valence-electron chi connectivity index (χ2n) is 28.1. The van der Waals surface area contributed by atoms with Crippen molar-refractivity contribution in [2.24, 2.45) is 0 Å². The summed E-state index contributed by atoms with van der Waals surface area (Å²) in [6, 6.07) is 0. The highest BCUT2D eigenvalue weighted by Gasteiger charge is 2.30. The van der Waals surface area contributed by atoms with Gasteiger partial charge in [0.2, 0.25) is 0 Å². The maximum atomic E-state index is 13.1. The highest BCUT2D eigenvalue weighted by Crippen LogP contribution is 2.45. The molecule has 0 amide bonds. The number of hydrogen-bond donors (Lipinski definition) is 3. The molecule has 3 N–H and O–H groups in total. The molecule has 0 radical (unpaired) electrons. The zero-order chi connectivity index (χ0) is 73.2. The van der Waals surface area contributed by atoms with Crippen LogP contribution in [0.3, 0.4) is 0 Å². The van der Waals surface area contributed by atoms with Gasteiger partial charge in [0.05, 0.1) is 26.4 Å². The molecule has 0 heterocycles. The molecule has 0 rings (SSSR count). The molecular weight excluding hydrogens is 1310 g/mol. The number of carbonyl (C=O) groups is 4. The third-order valence-electron chi connectivity index (χ3n) is 18.1. The van der Waals surface area contributed by atoms with Gasteiger partial charge in [-0.05, 0) is 64.2 Å². The van der Waals surface area contributed by atoms with Gasteiger partial charge < -0.3 is 33.8 Å². The van der Waals surface area contributed by atoms with Crippen LogP contribution in [-0.2, 0) is 65.4 Å². The first-order valence-corrected chi connectivity index (χ1v) is 44.2. The number of aliphatic hydroxyl groups excluding tert-OH is 1. The van der Waals surface area contributed by atoms with Crippen molar-refractivity contribution < 1.29 is 80.2 Å². The molecule has 5 atom stereocenters. The molecular formula is C81H152O17P2. The van der Waals surface area contributed by atoms with E-state index in [1.165, 1.54) is 193 Å². The maximum absolute atomic E-state index is 13.1. The molecule has 0 bridgehead atoms. The van der Waals surface area contributed by atoms with Gasteiger partial charge in [0.15, 0.2) is 12.2 Å². The van der Waals surface area contributed by atoms with Crippen molar-refractivity contribution in [3.8, 4) is 0 Å². The molecule has 0 aliphatic carbocycles. The quantitative estimate of drug-likeness (QED) is 0.0169. The maximum Gasteiger partial charge on any atom is 0.472 e. The van der Waals surface area contributed by atoms with Crippen LogP contribution in [0.25, 0.3) is 0 Å². The van der Waals surface area contributed by atoms with Gasteiger partial charge in [-0.1, -0.05) is 347 Å². The van der Waals surface area contributed by atoms with Crippen molar-refractivity contribution in [2.45, 2.75) is 418 Å². The minimum atomic E-state index is -4.97. The van der Waals surface area contributed by atoms with Crippen LogP contribution < -0.4 is 0 Å². The Morgan fingerprint density at radius 3 is 0.770 bits per heavy atom. The number of carbonyl (C=O) groups excluding carboxylic acids is 4. The van der Waals surface area contributed by atoms with Crippen LogP contribution >= 0.6 is 15.6 Å². The molecule has 588 valence electrons. The average molecular weight is 1460 g/mol. The average Bonchev–Trinajstić information content (AvgIpc) is 0.985. The Balaban J connectivity index is 5.27. The molecule has 17 nitrogen and oxygen atoms in total. The zero-order valence-electron chi connectivity index (χ0n) is 64.4. The van der Waals surface area contributed by atoms with E-state index in [0.717, 1.165) is 128 Å². The zero-order valence-corrected chi connectivity index (χ0v) is 66.2. The number of allylic oxidation sites excluding steroid dienone is 6. The Kier molecular flexibility index (Phi) is 72.5. The van der Waals surface area contributed by atoms with Crippen LogP contribution in [0.1, 0.15) is 400 Å². The minimum Gasteiger partial charge on any atom is -0.462 e. The lowest BCUT2D eigenvalue weighted by molar-refractivity contribution is -0.161. The van der Waals surface area contributed by atoms with Crippen molar-refractivity contribution in [1.29, 1.82) is 0 Å². The van der Waals surface area contributed by atoms with Gasteiger partial charge in [-0.2, -0.15) is 0 Å². The lowest BCUT2D eigenvalue weighted by atomic mass is 10.0. The number of unbranched alkanes of at least 4 members (excludes halogenated alkanes) is 47. The van der Waals surface area contributed by atoms with Gasteiger partial charge in [-0.25, -0.2) is 9.13 Å². The Hall–Kier alpha value is -2.72. The van der Waals surface area contributed by atoms with E-state index in [1.54, 1.807) is 0 Å². The topological polar surface area (TPSA) is 237 Å². The van der Waals surface area contributed by atoms with E-state index in [2.05, 4.69) is 64.2 Å². The fraction of sp³-hybridized carbons (Fsp3) is 0.877.